The van der Waals surface area contributed by atoms with Gasteiger partial charge < -0.3 is 31.8 Å². The van der Waals surface area contributed by atoms with Crippen molar-refractivity contribution in [2.24, 2.45) is 22.2 Å². The fourth-order valence-electron chi connectivity index (χ4n) is 1.98. The summed E-state index contributed by atoms with van der Waals surface area (Å²) in [5.41, 5.74) is 15.4. The number of hydrogen-bond donors (Lipinski definition) is 5. The van der Waals surface area contributed by atoms with E-state index in [4.69, 9.17) is 26.5 Å². The number of benzene rings is 2. The second kappa shape index (κ2) is 15.4. The maximum absolute atomic E-state index is 11.9. The van der Waals surface area contributed by atoms with Crippen molar-refractivity contribution in [3.8, 4) is 5.75 Å². The SMILES string of the molecule is C=C(N)NCCCN=C(N)N.O=C(O)COS(=O)c1ccc(OS(=O)c2ccccc2)cc1. The number of hydrogen-bond acceptors (Lipinski definition) is 8. The number of guanidine groups is 1. The Bertz CT molecular complexity index is 967. The summed E-state index contributed by atoms with van der Waals surface area (Å²) < 4.78 is 33.5. The summed E-state index contributed by atoms with van der Waals surface area (Å²) >= 11 is -3.52. The van der Waals surface area contributed by atoms with Crippen molar-refractivity contribution in [1.82, 2.24) is 5.32 Å². The molecule has 0 spiro atoms. The Morgan fingerprint density at radius 1 is 1.00 bits per heavy atom. The van der Waals surface area contributed by atoms with Crippen molar-refractivity contribution in [2.75, 3.05) is 19.7 Å². The first kappa shape index (κ1) is 27.6. The van der Waals surface area contributed by atoms with Crippen LogP contribution in [0.2, 0.25) is 0 Å². The summed E-state index contributed by atoms with van der Waals surface area (Å²) in [6.07, 6.45) is 0.841. The molecule has 180 valence electrons. The van der Waals surface area contributed by atoms with Gasteiger partial charge in [-0.3, -0.25) is 9.18 Å². The highest BCUT2D eigenvalue weighted by molar-refractivity contribution is 7.80. The van der Waals surface area contributed by atoms with Crippen molar-refractivity contribution in [3.63, 3.8) is 0 Å². The Kier molecular flexibility index (Phi) is 12.9. The highest BCUT2D eigenvalue weighted by atomic mass is 32.2. The van der Waals surface area contributed by atoms with E-state index in [2.05, 4.69) is 21.1 Å². The Labute approximate surface area is 197 Å². The van der Waals surface area contributed by atoms with E-state index < -0.39 is 34.7 Å². The predicted octanol–water partition coefficient (Wildman–Crippen LogP) is 0.581. The summed E-state index contributed by atoms with van der Waals surface area (Å²) in [4.78, 5) is 14.9. The second-order valence-corrected chi connectivity index (χ2v) is 8.39. The number of nitrogens with zero attached hydrogens (tertiary/aromatic N) is 1. The molecule has 2 unspecified atom stereocenters. The lowest BCUT2D eigenvalue weighted by atomic mass is 10.3. The normalized spacial score (nSPS) is 11.8. The fraction of sp³-hybridized carbons (Fsp3) is 0.200. The zero-order valence-electron chi connectivity index (χ0n) is 17.7. The van der Waals surface area contributed by atoms with Crippen LogP contribution in [-0.4, -0.2) is 45.1 Å². The van der Waals surface area contributed by atoms with Crippen LogP contribution in [0, 0.1) is 0 Å². The van der Waals surface area contributed by atoms with Crippen LogP contribution in [0.25, 0.3) is 0 Å². The smallest absolute Gasteiger partial charge is 0.331 e. The lowest BCUT2D eigenvalue weighted by Crippen LogP contribution is -2.24. The quantitative estimate of drug-likeness (QED) is 0.157. The summed E-state index contributed by atoms with van der Waals surface area (Å²) in [6.45, 7) is 4.18. The van der Waals surface area contributed by atoms with Crippen molar-refractivity contribution >= 4 is 34.1 Å². The predicted molar refractivity (Wildman–Crippen MR) is 127 cm³/mol. The van der Waals surface area contributed by atoms with Crippen LogP contribution in [0.3, 0.4) is 0 Å². The highest BCUT2D eigenvalue weighted by Gasteiger charge is 2.09. The maximum atomic E-state index is 11.9. The van der Waals surface area contributed by atoms with Crippen LogP contribution in [0.4, 0.5) is 0 Å². The number of carbonyl (C=O) groups is 1. The topological polar surface area (TPSA) is 192 Å². The lowest BCUT2D eigenvalue weighted by Gasteiger charge is -2.06. The Morgan fingerprint density at radius 3 is 2.15 bits per heavy atom. The number of aliphatic imine (C=N–C) groups is 1. The maximum Gasteiger partial charge on any atom is 0.331 e. The number of nitrogens with two attached hydrogens (primary N) is 3. The van der Waals surface area contributed by atoms with Gasteiger partial charge in [-0.1, -0.05) is 24.8 Å². The molecule has 2 atom stereocenters. The van der Waals surface area contributed by atoms with Gasteiger partial charge in [0.2, 0.25) is 11.1 Å². The molecule has 0 radical (unpaired) electrons. The molecule has 0 heterocycles. The molecule has 0 bridgehead atoms. The Hall–Kier alpha value is -3.42. The van der Waals surface area contributed by atoms with Gasteiger partial charge in [0.05, 0.1) is 15.6 Å². The van der Waals surface area contributed by atoms with Crippen LogP contribution in [0.5, 0.6) is 5.75 Å². The summed E-state index contributed by atoms with van der Waals surface area (Å²) in [7, 11) is 0. The van der Waals surface area contributed by atoms with Crippen LogP contribution in [0.15, 0.2) is 81.8 Å². The zero-order chi connectivity index (χ0) is 24.6. The Morgan fingerprint density at radius 2 is 1.61 bits per heavy atom. The average Bonchev–Trinajstić information content (AvgIpc) is 2.78. The molecule has 2 aromatic rings. The van der Waals surface area contributed by atoms with E-state index in [1.54, 1.807) is 24.3 Å². The third-order valence-electron chi connectivity index (χ3n) is 3.39. The molecule has 2 rings (SSSR count). The minimum atomic E-state index is -1.87. The second-order valence-electron chi connectivity index (χ2n) is 6.11. The molecule has 0 saturated heterocycles. The van der Waals surface area contributed by atoms with Gasteiger partial charge in [0.15, 0.2) is 23.6 Å². The molecule has 0 saturated carbocycles. The van der Waals surface area contributed by atoms with Gasteiger partial charge in [-0.25, -0.2) is 13.2 Å². The standard InChI is InChI=1S/C14H12O6S2.C6H15N5/c15-14(16)10-19-21(17)13-8-6-11(7-9-13)20-22(18)12-4-2-1-3-5-12;1-5(7)10-3-2-4-11-6(8)9/h1-9H,10H2,(H,15,16);10H,1-4,7H2,(H4,8,9,11). The fourth-order valence-corrected chi connectivity index (χ4v) is 3.45. The number of carboxylic acids is 1. The molecule has 0 amide bonds. The molecule has 8 N–H and O–H groups in total. The average molecular weight is 498 g/mol. The molecule has 0 aliphatic heterocycles. The van der Waals surface area contributed by atoms with E-state index in [9.17, 15) is 13.2 Å². The van der Waals surface area contributed by atoms with Crippen molar-refractivity contribution in [1.29, 1.82) is 0 Å². The summed E-state index contributed by atoms with van der Waals surface area (Å²) in [5, 5.41) is 11.3. The van der Waals surface area contributed by atoms with Gasteiger partial charge in [0.1, 0.15) is 5.75 Å². The van der Waals surface area contributed by atoms with E-state index in [0.717, 1.165) is 13.0 Å². The summed E-state index contributed by atoms with van der Waals surface area (Å²) in [5.74, 6) is -0.279. The molecule has 0 aliphatic carbocycles. The van der Waals surface area contributed by atoms with Crippen LogP contribution in [0.1, 0.15) is 6.42 Å². The van der Waals surface area contributed by atoms with E-state index in [0.29, 0.717) is 27.9 Å². The first-order valence-corrected chi connectivity index (χ1v) is 11.6. The van der Waals surface area contributed by atoms with Crippen LogP contribution >= 0.6 is 0 Å². The van der Waals surface area contributed by atoms with Gasteiger partial charge in [-0.05, 0) is 42.8 Å². The van der Waals surface area contributed by atoms with E-state index in [1.165, 1.54) is 24.3 Å². The van der Waals surface area contributed by atoms with Gasteiger partial charge in [-0.15, -0.1) is 0 Å². The van der Waals surface area contributed by atoms with Gasteiger partial charge >= 0.3 is 5.97 Å². The minimum Gasteiger partial charge on any atom is -0.479 e. The third kappa shape index (κ3) is 12.9. The van der Waals surface area contributed by atoms with Crippen molar-refractivity contribution in [3.05, 3.63) is 67.0 Å². The number of aliphatic carboxylic acids is 1. The molecule has 11 nitrogen and oxygen atoms in total. The van der Waals surface area contributed by atoms with E-state index in [-0.39, 0.29) is 5.96 Å². The van der Waals surface area contributed by atoms with Crippen LogP contribution < -0.4 is 26.7 Å². The van der Waals surface area contributed by atoms with Crippen LogP contribution in [-0.2, 0) is 31.1 Å². The third-order valence-corrected chi connectivity index (χ3v) is 5.38. The summed E-state index contributed by atoms with van der Waals surface area (Å²) in [6, 6.07) is 14.5. The molecule has 0 aliphatic rings. The van der Waals surface area contributed by atoms with Crippen molar-refractivity contribution < 1.29 is 26.7 Å². The largest absolute Gasteiger partial charge is 0.479 e. The molecule has 2 aromatic carbocycles. The molecular weight excluding hydrogens is 470 g/mol. The number of carboxylic acid groups (broad SMARTS) is 1. The zero-order valence-corrected chi connectivity index (χ0v) is 19.3. The van der Waals surface area contributed by atoms with Gasteiger partial charge in [-0.2, -0.15) is 0 Å². The first-order valence-electron chi connectivity index (χ1n) is 9.44. The number of nitrogens with one attached hydrogen (secondary N) is 1. The Balaban J connectivity index is 0.000000420. The lowest BCUT2D eigenvalue weighted by molar-refractivity contribution is -0.139. The number of rotatable bonds is 12. The van der Waals surface area contributed by atoms with E-state index in [1.807, 2.05) is 6.07 Å². The first-order chi connectivity index (χ1) is 15.7. The monoisotopic (exact) mass is 497 g/mol. The van der Waals surface area contributed by atoms with Crippen molar-refractivity contribution in [2.45, 2.75) is 16.2 Å². The van der Waals surface area contributed by atoms with Gasteiger partial charge in [0.25, 0.3) is 0 Å². The highest BCUT2D eigenvalue weighted by Crippen LogP contribution is 2.18. The van der Waals surface area contributed by atoms with Gasteiger partial charge in [0, 0.05) is 13.1 Å². The molecule has 13 heteroatoms. The molecule has 0 aromatic heterocycles. The van der Waals surface area contributed by atoms with E-state index >= 15 is 0 Å². The minimum absolute atomic E-state index is 0.122. The molecular formula is C20H27N5O6S2. The molecule has 0 fully saturated rings. The molecule has 33 heavy (non-hydrogen) atoms.